The number of hydrogen-bond donors (Lipinski definition) is 1. The van der Waals surface area contributed by atoms with Gasteiger partial charge in [-0.05, 0) is 39.0 Å². The van der Waals surface area contributed by atoms with Crippen LogP contribution in [0.25, 0.3) is 0 Å². The summed E-state index contributed by atoms with van der Waals surface area (Å²) in [6.07, 6.45) is 4.28. The van der Waals surface area contributed by atoms with Crippen LogP contribution in [0.1, 0.15) is 46.5 Å². The Labute approximate surface area is 105 Å². The maximum atomic E-state index is 12.2. The predicted molar refractivity (Wildman–Crippen MR) is 69.7 cm³/mol. The van der Waals surface area contributed by atoms with Crippen LogP contribution in [0.4, 0.5) is 0 Å². The summed E-state index contributed by atoms with van der Waals surface area (Å²) < 4.78 is 0. The van der Waals surface area contributed by atoms with Crippen LogP contribution in [-0.4, -0.2) is 29.4 Å². The average Bonchev–Trinajstić information content (AvgIpc) is 2.96. The normalized spacial score (nSPS) is 18.5. The summed E-state index contributed by atoms with van der Waals surface area (Å²) in [6.45, 7) is 7.64. The van der Waals surface area contributed by atoms with Crippen LogP contribution in [0, 0.1) is 5.92 Å². The first-order chi connectivity index (χ1) is 7.01. The van der Waals surface area contributed by atoms with Crippen molar-refractivity contribution in [3.05, 3.63) is 0 Å². The minimum absolute atomic E-state index is 0. The van der Waals surface area contributed by atoms with Gasteiger partial charge in [0.1, 0.15) is 0 Å². The molecule has 0 radical (unpaired) electrons. The molecule has 0 spiro atoms. The smallest absolute Gasteiger partial charge is 0.242 e. The summed E-state index contributed by atoms with van der Waals surface area (Å²) in [7, 11) is 0. The highest BCUT2D eigenvalue weighted by atomic mass is 35.5. The van der Waals surface area contributed by atoms with Gasteiger partial charge in [-0.2, -0.15) is 0 Å². The Bertz CT molecular complexity index is 227. The Kier molecular flexibility index (Phi) is 6.34. The van der Waals surface area contributed by atoms with Crippen molar-refractivity contribution in [1.29, 1.82) is 0 Å². The minimum Gasteiger partial charge on any atom is -0.341 e. The molecule has 0 bridgehead atoms. The quantitative estimate of drug-likeness (QED) is 0.783. The van der Waals surface area contributed by atoms with Gasteiger partial charge in [0.15, 0.2) is 0 Å². The van der Waals surface area contributed by atoms with E-state index in [2.05, 4.69) is 6.92 Å². The van der Waals surface area contributed by atoms with Crippen molar-refractivity contribution < 1.29 is 4.79 Å². The van der Waals surface area contributed by atoms with Crippen molar-refractivity contribution in [2.75, 3.05) is 13.1 Å². The second kappa shape index (κ2) is 6.45. The van der Waals surface area contributed by atoms with E-state index in [-0.39, 0.29) is 18.3 Å². The Morgan fingerprint density at radius 2 is 2.00 bits per heavy atom. The highest BCUT2D eigenvalue weighted by Gasteiger charge is 2.34. The molecule has 1 aliphatic rings. The number of hydrogen-bond acceptors (Lipinski definition) is 2. The van der Waals surface area contributed by atoms with Crippen molar-refractivity contribution in [2.24, 2.45) is 11.7 Å². The molecule has 0 aliphatic heterocycles. The maximum absolute atomic E-state index is 12.2. The van der Waals surface area contributed by atoms with E-state index in [1.54, 1.807) is 0 Å². The van der Waals surface area contributed by atoms with E-state index < -0.39 is 5.54 Å². The van der Waals surface area contributed by atoms with Gasteiger partial charge in [-0.3, -0.25) is 4.79 Å². The zero-order valence-corrected chi connectivity index (χ0v) is 11.5. The lowest BCUT2D eigenvalue weighted by atomic mass is 9.95. The zero-order valence-electron chi connectivity index (χ0n) is 10.7. The first-order valence-electron chi connectivity index (χ1n) is 6.09. The van der Waals surface area contributed by atoms with Gasteiger partial charge in [0.05, 0.1) is 5.54 Å². The molecule has 1 rings (SSSR count). The van der Waals surface area contributed by atoms with E-state index in [0.29, 0.717) is 0 Å². The summed E-state index contributed by atoms with van der Waals surface area (Å²) in [4.78, 5) is 14.1. The largest absolute Gasteiger partial charge is 0.341 e. The van der Waals surface area contributed by atoms with Crippen molar-refractivity contribution in [2.45, 2.75) is 52.0 Å². The summed E-state index contributed by atoms with van der Waals surface area (Å²) in [5.74, 6) is 0.866. The Morgan fingerprint density at radius 3 is 2.38 bits per heavy atom. The fourth-order valence-corrected chi connectivity index (χ4v) is 1.96. The second-order valence-corrected chi connectivity index (χ2v) is 4.95. The molecular formula is C12H25ClN2O. The molecule has 1 saturated carbocycles. The highest BCUT2D eigenvalue weighted by molar-refractivity contribution is 5.85. The van der Waals surface area contributed by atoms with Crippen molar-refractivity contribution >= 4 is 18.3 Å². The van der Waals surface area contributed by atoms with Crippen LogP contribution in [-0.2, 0) is 4.79 Å². The van der Waals surface area contributed by atoms with E-state index in [1.165, 1.54) is 12.8 Å². The highest BCUT2D eigenvalue weighted by Crippen LogP contribution is 2.30. The van der Waals surface area contributed by atoms with E-state index in [1.807, 2.05) is 18.7 Å². The van der Waals surface area contributed by atoms with Gasteiger partial charge in [-0.25, -0.2) is 0 Å². The lowest BCUT2D eigenvalue weighted by Gasteiger charge is -2.31. The van der Waals surface area contributed by atoms with Gasteiger partial charge >= 0.3 is 0 Å². The molecule has 0 aromatic heterocycles. The van der Waals surface area contributed by atoms with Crippen LogP contribution in [0.5, 0.6) is 0 Å². The van der Waals surface area contributed by atoms with E-state index in [9.17, 15) is 4.79 Å². The number of carbonyl (C=O) groups is 1. The van der Waals surface area contributed by atoms with Gasteiger partial charge < -0.3 is 10.6 Å². The fourth-order valence-electron chi connectivity index (χ4n) is 1.96. The minimum atomic E-state index is -0.667. The lowest BCUT2D eigenvalue weighted by Crippen LogP contribution is -2.53. The molecular weight excluding hydrogens is 224 g/mol. The first kappa shape index (κ1) is 15.7. The van der Waals surface area contributed by atoms with Crippen LogP contribution >= 0.6 is 12.4 Å². The topological polar surface area (TPSA) is 46.3 Å². The van der Waals surface area contributed by atoms with E-state index in [4.69, 9.17) is 5.73 Å². The van der Waals surface area contributed by atoms with Crippen molar-refractivity contribution in [1.82, 2.24) is 4.90 Å². The molecule has 4 heteroatoms. The van der Waals surface area contributed by atoms with Gasteiger partial charge in [0, 0.05) is 13.1 Å². The number of halogens is 1. The Balaban J connectivity index is 0.00000225. The number of rotatable bonds is 6. The van der Waals surface area contributed by atoms with Gasteiger partial charge in [0.2, 0.25) is 5.91 Å². The Morgan fingerprint density at radius 1 is 1.44 bits per heavy atom. The molecule has 0 saturated heterocycles. The molecule has 96 valence electrons. The zero-order chi connectivity index (χ0) is 11.5. The summed E-state index contributed by atoms with van der Waals surface area (Å²) in [5, 5.41) is 0. The molecule has 2 N–H and O–H groups in total. The maximum Gasteiger partial charge on any atom is 0.242 e. The molecule has 16 heavy (non-hydrogen) atoms. The molecule has 1 atom stereocenters. The third kappa shape index (κ3) is 4.30. The number of nitrogens with two attached hydrogens (primary N) is 1. The van der Waals surface area contributed by atoms with Crippen LogP contribution < -0.4 is 5.73 Å². The lowest BCUT2D eigenvalue weighted by molar-refractivity contribution is -0.136. The SMILES string of the molecule is CCCC(C)(N)C(=O)N(CC)CC1CC1.Cl. The van der Waals surface area contributed by atoms with Crippen LogP contribution in [0.3, 0.4) is 0 Å². The first-order valence-corrected chi connectivity index (χ1v) is 6.09. The third-order valence-electron chi connectivity index (χ3n) is 3.10. The molecule has 0 aromatic carbocycles. The summed E-state index contributed by atoms with van der Waals surface area (Å²) in [5.41, 5.74) is 5.39. The number of likely N-dealkylation sites (N-methyl/N-ethyl adjacent to an activating group) is 1. The summed E-state index contributed by atoms with van der Waals surface area (Å²) >= 11 is 0. The number of nitrogens with zero attached hydrogens (tertiary/aromatic N) is 1. The van der Waals surface area contributed by atoms with Crippen LogP contribution in [0.15, 0.2) is 0 Å². The predicted octanol–water partition coefficient (Wildman–Crippen LogP) is 2.18. The standard InChI is InChI=1S/C12H24N2O.ClH/c1-4-8-12(3,13)11(15)14(5-2)9-10-6-7-10;/h10H,4-9,13H2,1-3H3;1H. The van der Waals surface area contributed by atoms with Crippen LogP contribution in [0.2, 0.25) is 0 Å². The fraction of sp³-hybridized carbons (Fsp3) is 0.917. The van der Waals surface area contributed by atoms with E-state index in [0.717, 1.165) is 31.8 Å². The van der Waals surface area contributed by atoms with Gasteiger partial charge in [-0.1, -0.05) is 13.3 Å². The molecule has 1 amide bonds. The molecule has 0 heterocycles. The molecule has 1 unspecified atom stereocenters. The molecule has 0 aromatic rings. The average molecular weight is 249 g/mol. The monoisotopic (exact) mass is 248 g/mol. The van der Waals surface area contributed by atoms with Crippen molar-refractivity contribution in [3.8, 4) is 0 Å². The van der Waals surface area contributed by atoms with Gasteiger partial charge in [-0.15, -0.1) is 12.4 Å². The molecule has 1 fully saturated rings. The Hall–Kier alpha value is -0.280. The third-order valence-corrected chi connectivity index (χ3v) is 3.10. The summed E-state index contributed by atoms with van der Waals surface area (Å²) in [6, 6.07) is 0. The van der Waals surface area contributed by atoms with E-state index >= 15 is 0 Å². The number of amides is 1. The van der Waals surface area contributed by atoms with Gasteiger partial charge in [0.25, 0.3) is 0 Å². The second-order valence-electron chi connectivity index (χ2n) is 4.95. The van der Waals surface area contributed by atoms with Crippen molar-refractivity contribution in [3.63, 3.8) is 0 Å². The molecule has 1 aliphatic carbocycles. The number of carbonyl (C=O) groups excluding carboxylic acids is 1. The molecule has 3 nitrogen and oxygen atoms in total.